The molecule has 3 aromatic rings. The zero-order valence-electron chi connectivity index (χ0n) is 10.8. The van der Waals surface area contributed by atoms with Gasteiger partial charge in [0.1, 0.15) is 0 Å². The third kappa shape index (κ3) is 3.16. The average Bonchev–Trinajstić information content (AvgIpc) is 2.47. The number of hydrogen-bond acceptors (Lipinski definition) is 2. The van der Waals surface area contributed by atoms with Crippen molar-refractivity contribution >= 4 is 56.7 Å². The van der Waals surface area contributed by atoms with Crippen LogP contribution in [0.4, 0.5) is 5.69 Å². The molecule has 2 aromatic carbocycles. The number of fused-ring (bicyclic) bond motifs is 1. The van der Waals surface area contributed by atoms with E-state index in [1.54, 1.807) is 24.4 Å². The summed E-state index contributed by atoms with van der Waals surface area (Å²) in [6, 6.07) is 14.6. The Kier molecular flexibility index (Phi) is 4.07. The molecule has 0 spiro atoms. The average molecular weight is 409 g/mol. The van der Waals surface area contributed by atoms with Gasteiger partial charge in [0, 0.05) is 25.7 Å². The molecule has 0 bridgehead atoms. The number of carbonyl (C=O) groups excluding carboxylic acids is 1. The van der Waals surface area contributed by atoms with Crippen LogP contribution in [0.1, 0.15) is 10.4 Å². The zero-order chi connectivity index (χ0) is 14.8. The van der Waals surface area contributed by atoms with Gasteiger partial charge in [-0.3, -0.25) is 9.78 Å². The Labute approximate surface area is 140 Å². The minimum Gasteiger partial charge on any atom is -0.320 e. The maximum Gasteiger partial charge on any atom is 0.255 e. The number of aromatic nitrogens is 1. The lowest BCUT2D eigenvalue weighted by Gasteiger charge is -2.09. The number of pyridine rings is 1. The standard InChI is InChI=1S/C16H10ClIN2O/c17-12-8-11-2-1-7-19-15(11)14(9-12)20-16(21)10-3-5-13(18)6-4-10/h1-9H,(H,20,21). The summed E-state index contributed by atoms with van der Waals surface area (Å²) in [7, 11) is 0. The van der Waals surface area contributed by atoms with Crippen molar-refractivity contribution < 1.29 is 4.79 Å². The summed E-state index contributed by atoms with van der Waals surface area (Å²) in [5.41, 5.74) is 1.93. The normalized spacial score (nSPS) is 10.6. The van der Waals surface area contributed by atoms with Crippen molar-refractivity contribution in [2.45, 2.75) is 0 Å². The Morgan fingerprint density at radius 2 is 1.90 bits per heavy atom. The van der Waals surface area contributed by atoms with E-state index in [9.17, 15) is 4.79 Å². The van der Waals surface area contributed by atoms with Crippen molar-refractivity contribution in [3.8, 4) is 0 Å². The molecule has 0 unspecified atom stereocenters. The van der Waals surface area contributed by atoms with Crippen LogP contribution in [0.25, 0.3) is 10.9 Å². The van der Waals surface area contributed by atoms with Gasteiger partial charge in [-0.25, -0.2) is 0 Å². The Balaban J connectivity index is 1.98. The third-order valence-electron chi connectivity index (χ3n) is 3.02. The molecule has 0 atom stereocenters. The van der Waals surface area contributed by atoms with Crippen LogP contribution in [0.3, 0.4) is 0 Å². The topological polar surface area (TPSA) is 42.0 Å². The van der Waals surface area contributed by atoms with Crippen molar-refractivity contribution in [3.05, 3.63) is 68.9 Å². The fraction of sp³-hybridized carbons (Fsp3) is 0. The van der Waals surface area contributed by atoms with Crippen LogP contribution in [0.2, 0.25) is 5.02 Å². The molecule has 1 amide bonds. The first-order valence-electron chi connectivity index (χ1n) is 6.25. The summed E-state index contributed by atoms with van der Waals surface area (Å²) >= 11 is 8.29. The second kappa shape index (κ2) is 5.99. The van der Waals surface area contributed by atoms with Crippen molar-refractivity contribution in [2.75, 3.05) is 5.32 Å². The predicted molar refractivity (Wildman–Crippen MR) is 93.9 cm³/mol. The summed E-state index contributed by atoms with van der Waals surface area (Å²) < 4.78 is 1.08. The molecule has 104 valence electrons. The molecule has 0 aliphatic heterocycles. The van der Waals surface area contributed by atoms with E-state index >= 15 is 0 Å². The number of nitrogens with one attached hydrogen (secondary N) is 1. The largest absolute Gasteiger partial charge is 0.320 e. The van der Waals surface area contributed by atoms with Crippen LogP contribution in [0.5, 0.6) is 0 Å². The van der Waals surface area contributed by atoms with Gasteiger partial charge in [-0.05, 0) is 65.1 Å². The SMILES string of the molecule is O=C(Nc1cc(Cl)cc2cccnc12)c1ccc(I)cc1. The minimum absolute atomic E-state index is 0.180. The number of nitrogens with zero attached hydrogens (tertiary/aromatic N) is 1. The van der Waals surface area contributed by atoms with Gasteiger partial charge >= 0.3 is 0 Å². The fourth-order valence-electron chi connectivity index (χ4n) is 2.05. The Hall–Kier alpha value is -1.66. The van der Waals surface area contributed by atoms with Crippen LogP contribution < -0.4 is 5.32 Å². The molecular formula is C16H10ClIN2O. The first-order valence-corrected chi connectivity index (χ1v) is 7.70. The lowest BCUT2D eigenvalue weighted by atomic mass is 10.1. The van der Waals surface area contributed by atoms with Gasteiger partial charge in [-0.2, -0.15) is 0 Å². The summed E-state index contributed by atoms with van der Waals surface area (Å²) in [6.07, 6.45) is 1.69. The Morgan fingerprint density at radius 3 is 2.67 bits per heavy atom. The van der Waals surface area contributed by atoms with Gasteiger partial charge in [0.15, 0.2) is 0 Å². The molecule has 0 saturated carbocycles. The van der Waals surface area contributed by atoms with E-state index < -0.39 is 0 Å². The molecule has 1 heterocycles. The van der Waals surface area contributed by atoms with Gasteiger partial charge < -0.3 is 5.32 Å². The third-order valence-corrected chi connectivity index (χ3v) is 3.96. The first-order chi connectivity index (χ1) is 10.1. The van der Waals surface area contributed by atoms with Crippen molar-refractivity contribution in [1.82, 2.24) is 4.98 Å². The number of anilines is 1. The molecule has 0 aliphatic carbocycles. The molecule has 0 radical (unpaired) electrons. The molecule has 3 nitrogen and oxygen atoms in total. The molecule has 21 heavy (non-hydrogen) atoms. The fourth-order valence-corrected chi connectivity index (χ4v) is 2.63. The molecule has 1 aromatic heterocycles. The summed E-state index contributed by atoms with van der Waals surface area (Å²) in [5.74, 6) is -0.180. The molecule has 0 saturated heterocycles. The highest BCUT2D eigenvalue weighted by Gasteiger charge is 2.10. The van der Waals surface area contributed by atoms with Crippen LogP contribution in [0, 0.1) is 3.57 Å². The minimum atomic E-state index is -0.180. The number of carbonyl (C=O) groups is 1. The van der Waals surface area contributed by atoms with E-state index in [1.807, 2.05) is 30.3 Å². The maximum absolute atomic E-state index is 12.3. The highest BCUT2D eigenvalue weighted by molar-refractivity contribution is 14.1. The highest BCUT2D eigenvalue weighted by Crippen LogP contribution is 2.26. The molecule has 1 N–H and O–H groups in total. The second-order valence-corrected chi connectivity index (χ2v) is 6.17. The van der Waals surface area contributed by atoms with Gasteiger partial charge in [-0.1, -0.05) is 17.7 Å². The van der Waals surface area contributed by atoms with E-state index in [0.717, 1.165) is 14.5 Å². The summed E-state index contributed by atoms with van der Waals surface area (Å²) in [5, 5.41) is 4.33. The van der Waals surface area contributed by atoms with Crippen molar-refractivity contribution in [3.63, 3.8) is 0 Å². The highest BCUT2D eigenvalue weighted by atomic mass is 127. The van der Waals surface area contributed by atoms with Crippen molar-refractivity contribution in [2.24, 2.45) is 0 Å². The van der Waals surface area contributed by atoms with Crippen LogP contribution in [-0.2, 0) is 0 Å². The molecule has 0 aliphatic rings. The zero-order valence-corrected chi connectivity index (χ0v) is 13.7. The summed E-state index contributed by atoms with van der Waals surface area (Å²) in [4.78, 5) is 16.6. The van der Waals surface area contributed by atoms with Gasteiger partial charge in [0.25, 0.3) is 5.91 Å². The predicted octanol–water partition coefficient (Wildman–Crippen LogP) is 4.75. The molecule has 0 fully saturated rings. The molecular weight excluding hydrogens is 399 g/mol. The van der Waals surface area contributed by atoms with E-state index in [0.29, 0.717) is 16.3 Å². The van der Waals surface area contributed by atoms with E-state index in [2.05, 4.69) is 32.9 Å². The van der Waals surface area contributed by atoms with Crippen LogP contribution in [0.15, 0.2) is 54.7 Å². The lowest BCUT2D eigenvalue weighted by Crippen LogP contribution is -2.12. The lowest BCUT2D eigenvalue weighted by molar-refractivity contribution is 0.102. The van der Waals surface area contributed by atoms with E-state index in [-0.39, 0.29) is 5.91 Å². The van der Waals surface area contributed by atoms with E-state index in [1.165, 1.54) is 0 Å². The number of halogens is 2. The number of rotatable bonds is 2. The maximum atomic E-state index is 12.3. The van der Waals surface area contributed by atoms with Crippen LogP contribution >= 0.6 is 34.2 Å². The molecule has 3 rings (SSSR count). The monoisotopic (exact) mass is 408 g/mol. The Bertz CT molecular complexity index is 818. The second-order valence-electron chi connectivity index (χ2n) is 4.49. The van der Waals surface area contributed by atoms with Gasteiger partial charge in [0.2, 0.25) is 0 Å². The smallest absolute Gasteiger partial charge is 0.255 e. The number of amides is 1. The summed E-state index contributed by atoms with van der Waals surface area (Å²) in [6.45, 7) is 0. The van der Waals surface area contributed by atoms with Gasteiger partial charge in [0.05, 0.1) is 11.2 Å². The van der Waals surface area contributed by atoms with Gasteiger partial charge in [-0.15, -0.1) is 0 Å². The van der Waals surface area contributed by atoms with E-state index in [4.69, 9.17) is 11.6 Å². The quantitative estimate of drug-likeness (QED) is 0.622. The number of hydrogen-bond donors (Lipinski definition) is 1. The van der Waals surface area contributed by atoms with Crippen molar-refractivity contribution in [1.29, 1.82) is 0 Å². The first kappa shape index (κ1) is 14.3. The molecule has 5 heteroatoms. The van der Waals surface area contributed by atoms with Crippen LogP contribution in [-0.4, -0.2) is 10.9 Å². The number of benzene rings is 2. The Morgan fingerprint density at radius 1 is 1.14 bits per heavy atom.